The fourth-order valence-corrected chi connectivity index (χ4v) is 3.36. The molecule has 2 rings (SSSR count). The Morgan fingerprint density at radius 3 is 2.35 bits per heavy atom. The molecule has 26 heavy (non-hydrogen) atoms. The van der Waals surface area contributed by atoms with Gasteiger partial charge in [0.1, 0.15) is 11.9 Å². The first-order valence-electron chi connectivity index (χ1n) is 8.38. The van der Waals surface area contributed by atoms with Gasteiger partial charge in [-0.25, -0.2) is 4.39 Å². The number of halogens is 1. The molecule has 2 aromatic carbocycles. The average Bonchev–Trinajstić information content (AvgIpc) is 2.67. The molecule has 0 aromatic heterocycles. The monoisotopic (exact) mass is 374 g/mol. The second-order valence-electron chi connectivity index (χ2n) is 5.92. The number of nitrogens with zero attached hydrogens (tertiary/aromatic N) is 1. The molecule has 138 valence electrons. The van der Waals surface area contributed by atoms with Crippen LogP contribution >= 0.6 is 11.8 Å². The molecule has 0 heterocycles. The first-order chi connectivity index (χ1) is 12.5. The molecule has 0 saturated carbocycles. The quantitative estimate of drug-likeness (QED) is 0.772. The highest BCUT2D eigenvalue weighted by atomic mass is 32.2. The van der Waals surface area contributed by atoms with Crippen molar-refractivity contribution in [2.45, 2.75) is 25.3 Å². The second-order valence-corrected chi connectivity index (χ2v) is 6.90. The topological polar surface area (TPSA) is 49.4 Å². The Bertz CT molecular complexity index is 722. The Labute approximate surface area is 157 Å². The number of carbonyl (C=O) groups excluding carboxylic acids is 2. The second kappa shape index (κ2) is 9.97. The maximum Gasteiger partial charge on any atom is 0.242 e. The van der Waals surface area contributed by atoms with E-state index in [9.17, 15) is 14.0 Å². The molecule has 6 heteroatoms. The van der Waals surface area contributed by atoms with E-state index in [4.69, 9.17) is 0 Å². The number of hydrogen-bond donors (Lipinski definition) is 1. The zero-order chi connectivity index (χ0) is 18.9. The Balaban J connectivity index is 1.99. The fourth-order valence-electron chi connectivity index (χ4n) is 2.49. The molecular formula is C20H23FN2O2S. The van der Waals surface area contributed by atoms with Gasteiger partial charge in [0.25, 0.3) is 0 Å². The third kappa shape index (κ3) is 5.88. The number of benzene rings is 2. The summed E-state index contributed by atoms with van der Waals surface area (Å²) in [5.41, 5.74) is 1.93. The minimum absolute atomic E-state index is 0.0999. The van der Waals surface area contributed by atoms with Gasteiger partial charge in [0.2, 0.25) is 11.8 Å². The van der Waals surface area contributed by atoms with E-state index < -0.39 is 6.04 Å². The molecule has 2 amide bonds. The highest BCUT2D eigenvalue weighted by Gasteiger charge is 2.25. The Hall–Kier alpha value is -2.34. The van der Waals surface area contributed by atoms with E-state index >= 15 is 0 Å². The molecule has 0 aliphatic heterocycles. The lowest BCUT2D eigenvalue weighted by atomic mass is 10.1. The SMILES string of the molecule is CNC(=O)[C@H](C)N(Cc1ccccc1)C(=O)CSCc1ccc(F)cc1. The molecule has 0 fully saturated rings. The van der Waals surface area contributed by atoms with Crippen molar-refractivity contribution in [2.24, 2.45) is 0 Å². The van der Waals surface area contributed by atoms with Crippen molar-refractivity contribution in [3.05, 3.63) is 71.5 Å². The molecule has 1 atom stereocenters. The predicted molar refractivity (Wildman–Crippen MR) is 103 cm³/mol. The van der Waals surface area contributed by atoms with Crippen molar-refractivity contribution in [3.8, 4) is 0 Å². The highest BCUT2D eigenvalue weighted by Crippen LogP contribution is 2.16. The van der Waals surface area contributed by atoms with Gasteiger partial charge in [-0.3, -0.25) is 9.59 Å². The number of likely N-dealkylation sites (N-methyl/N-ethyl adjacent to an activating group) is 1. The van der Waals surface area contributed by atoms with Crippen LogP contribution in [0.5, 0.6) is 0 Å². The molecule has 1 N–H and O–H groups in total. The molecule has 0 spiro atoms. The number of amides is 2. The molecule has 0 aliphatic rings. The third-order valence-electron chi connectivity index (χ3n) is 4.02. The summed E-state index contributed by atoms with van der Waals surface area (Å²) in [6.45, 7) is 2.11. The Morgan fingerprint density at radius 2 is 1.73 bits per heavy atom. The summed E-state index contributed by atoms with van der Waals surface area (Å²) in [7, 11) is 1.56. The van der Waals surface area contributed by atoms with Crippen molar-refractivity contribution in [1.82, 2.24) is 10.2 Å². The predicted octanol–water partition coefficient (Wildman–Crippen LogP) is 3.22. The summed E-state index contributed by atoms with van der Waals surface area (Å²) in [5, 5.41) is 2.60. The van der Waals surface area contributed by atoms with E-state index in [2.05, 4.69) is 5.32 Å². The van der Waals surface area contributed by atoms with Crippen LogP contribution in [0.3, 0.4) is 0 Å². The Morgan fingerprint density at radius 1 is 1.08 bits per heavy atom. The van der Waals surface area contributed by atoms with Gasteiger partial charge < -0.3 is 10.2 Å². The van der Waals surface area contributed by atoms with Crippen LogP contribution in [0.1, 0.15) is 18.1 Å². The number of thioether (sulfide) groups is 1. The Kier molecular flexibility index (Phi) is 7.66. The summed E-state index contributed by atoms with van der Waals surface area (Å²) in [5.74, 6) is 0.295. The summed E-state index contributed by atoms with van der Waals surface area (Å²) < 4.78 is 12.9. The lowest BCUT2D eigenvalue weighted by Crippen LogP contribution is -2.47. The fraction of sp³-hybridized carbons (Fsp3) is 0.300. The highest BCUT2D eigenvalue weighted by molar-refractivity contribution is 7.99. The summed E-state index contributed by atoms with van der Waals surface area (Å²) in [6, 6.07) is 15.3. The van der Waals surface area contributed by atoms with Crippen LogP contribution in [-0.4, -0.2) is 35.6 Å². The van der Waals surface area contributed by atoms with E-state index in [1.165, 1.54) is 23.9 Å². The maximum absolute atomic E-state index is 12.9. The van der Waals surface area contributed by atoms with Crippen LogP contribution in [-0.2, 0) is 21.9 Å². The third-order valence-corrected chi connectivity index (χ3v) is 5.01. The first kappa shape index (κ1) is 20.0. The van der Waals surface area contributed by atoms with Crippen LogP contribution in [0.25, 0.3) is 0 Å². The molecule has 0 bridgehead atoms. The minimum Gasteiger partial charge on any atom is -0.357 e. The summed E-state index contributed by atoms with van der Waals surface area (Å²) >= 11 is 1.45. The molecule has 0 aliphatic carbocycles. The van der Waals surface area contributed by atoms with Crippen LogP contribution in [0, 0.1) is 5.82 Å². The van der Waals surface area contributed by atoms with Gasteiger partial charge in [-0.05, 0) is 30.2 Å². The van der Waals surface area contributed by atoms with E-state index in [-0.39, 0.29) is 23.4 Å². The zero-order valence-electron chi connectivity index (χ0n) is 14.9. The lowest BCUT2D eigenvalue weighted by Gasteiger charge is -2.28. The van der Waals surface area contributed by atoms with Crippen molar-refractivity contribution in [1.29, 1.82) is 0 Å². The van der Waals surface area contributed by atoms with Gasteiger partial charge in [0, 0.05) is 19.3 Å². The average molecular weight is 374 g/mol. The van der Waals surface area contributed by atoms with Gasteiger partial charge >= 0.3 is 0 Å². The van der Waals surface area contributed by atoms with Crippen molar-refractivity contribution < 1.29 is 14.0 Å². The number of nitrogens with one attached hydrogen (secondary N) is 1. The number of rotatable bonds is 8. The molecule has 0 radical (unpaired) electrons. The van der Waals surface area contributed by atoms with E-state index in [1.54, 1.807) is 31.0 Å². The van der Waals surface area contributed by atoms with Crippen LogP contribution in [0.2, 0.25) is 0 Å². The maximum atomic E-state index is 12.9. The normalized spacial score (nSPS) is 11.7. The smallest absolute Gasteiger partial charge is 0.242 e. The molecule has 0 saturated heterocycles. The van der Waals surface area contributed by atoms with Crippen LogP contribution < -0.4 is 5.32 Å². The summed E-state index contributed by atoms with van der Waals surface area (Å²) in [6.07, 6.45) is 0. The zero-order valence-corrected chi connectivity index (χ0v) is 15.8. The van der Waals surface area contributed by atoms with Crippen molar-refractivity contribution in [2.75, 3.05) is 12.8 Å². The van der Waals surface area contributed by atoms with Crippen molar-refractivity contribution in [3.63, 3.8) is 0 Å². The molecule has 2 aromatic rings. The van der Waals surface area contributed by atoms with Gasteiger partial charge in [-0.1, -0.05) is 42.5 Å². The lowest BCUT2D eigenvalue weighted by molar-refractivity contribution is -0.138. The van der Waals surface area contributed by atoms with Gasteiger partial charge in [0.15, 0.2) is 0 Å². The molecule has 4 nitrogen and oxygen atoms in total. The van der Waals surface area contributed by atoms with E-state index in [0.29, 0.717) is 12.3 Å². The van der Waals surface area contributed by atoms with Gasteiger partial charge in [0.05, 0.1) is 5.75 Å². The van der Waals surface area contributed by atoms with E-state index in [1.807, 2.05) is 30.3 Å². The standard InChI is InChI=1S/C20H23FN2O2S/c1-15(20(25)22-2)23(12-16-6-4-3-5-7-16)19(24)14-26-13-17-8-10-18(21)11-9-17/h3-11,15H,12-14H2,1-2H3,(H,22,25)/t15-/m0/s1. The number of carbonyl (C=O) groups is 2. The number of hydrogen-bond acceptors (Lipinski definition) is 3. The van der Waals surface area contributed by atoms with Crippen molar-refractivity contribution >= 4 is 23.6 Å². The minimum atomic E-state index is -0.556. The van der Waals surface area contributed by atoms with Crippen LogP contribution in [0.4, 0.5) is 4.39 Å². The van der Waals surface area contributed by atoms with E-state index in [0.717, 1.165) is 11.1 Å². The molecular weight excluding hydrogens is 351 g/mol. The summed E-state index contributed by atoms with van der Waals surface area (Å²) in [4.78, 5) is 26.3. The molecule has 0 unspecified atom stereocenters. The first-order valence-corrected chi connectivity index (χ1v) is 9.54. The largest absolute Gasteiger partial charge is 0.357 e. The van der Waals surface area contributed by atoms with Gasteiger partial charge in [-0.2, -0.15) is 0 Å². The van der Waals surface area contributed by atoms with Crippen LogP contribution in [0.15, 0.2) is 54.6 Å². The van der Waals surface area contributed by atoms with Gasteiger partial charge in [-0.15, -0.1) is 11.8 Å².